The predicted octanol–water partition coefficient (Wildman–Crippen LogP) is 8.39. The second-order valence-electron chi connectivity index (χ2n) is 10.2. The van der Waals surface area contributed by atoms with E-state index in [-0.39, 0.29) is 10.9 Å². The van der Waals surface area contributed by atoms with Crippen LogP contribution in [-0.4, -0.2) is 32.8 Å². The van der Waals surface area contributed by atoms with Crippen LogP contribution in [0.4, 0.5) is 13.2 Å². The van der Waals surface area contributed by atoms with E-state index in [1.807, 2.05) is 31.7 Å². The summed E-state index contributed by atoms with van der Waals surface area (Å²) < 4.78 is 43.8. The largest absolute Gasteiger partial charge is 0.417 e. The molecule has 8 heteroatoms. The molecule has 0 aliphatic carbocycles. The lowest BCUT2D eigenvalue weighted by Gasteiger charge is -2.12. The Morgan fingerprint density at radius 3 is 2.11 bits per heavy atom. The van der Waals surface area contributed by atoms with Gasteiger partial charge in [0.2, 0.25) is 5.56 Å². The lowest BCUT2D eigenvalue weighted by Crippen LogP contribution is -2.14. The lowest BCUT2D eigenvalue weighted by molar-refractivity contribution is -0.136. The lowest BCUT2D eigenvalue weighted by atomic mass is 10.0. The summed E-state index contributed by atoms with van der Waals surface area (Å²) in [4.78, 5) is 14.5. The average molecular weight is 553 g/mol. The zero-order valence-corrected chi connectivity index (χ0v) is 23.7. The van der Waals surface area contributed by atoms with Crippen LogP contribution in [-0.2, 0) is 19.1 Å². The van der Waals surface area contributed by atoms with Gasteiger partial charge in [-0.05, 0) is 68.2 Å². The van der Waals surface area contributed by atoms with Crippen molar-refractivity contribution in [1.82, 2.24) is 9.55 Å². The number of rotatable bonds is 17. The molecular formula is C30H43F3N2O2S. The third-order valence-corrected chi connectivity index (χ3v) is 8.57. The molecule has 4 nitrogen and oxygen atoms in total. The fourth-order valence-corrected chi connectivity index (χ4v) is 6.53. The van der Waals surface area contributed by atoms with Gasteiger partial charge in [0.05, 0.1) is 5.56 Å². The van der Waals surface area contributed by atoms with E-state index in [2.05, 4.69) is 9.55 Å². The van der Waals surface area contributed by atoms with Gasteiger partial charge in [0.1, 0.15) is 0 Å². The number of hydrogen-bond acceptors (Lipinski definition) is 3. The van der Waals surface area contributed by atoms with Gasteiger partial charge in [-0.25, -0.2) is 0 Å². The third kappa shape index (κ3) is 8.04. The van der Waals surface area contributed by atoms with Gasteiger partial charge >= 0.3 is 6.18 Å². The molecule has 2 heterocycles. The third-order valence-electron chi connectivity index (χ3n) is 7.42. The number of aliphatic hydroxyl groups is 1. The van der Waals surface area contributed by atoms with Gasteiger partial charge in [0.15, 0.2) is 0 Å². The minimum Gasteiger partial charge on any atom is -0.396 e. The fraction of sp³-hybridized carbons (Fsp3) is 0.633. The van der Waals surface area contributed by atoms with E-state index in [1.165, 1.54) is 56.5 Å². The highest BCUT2D eigenvalue weighted by Crippen LogP contribution is 2.39. The summed E-state index contributed by atoms with van der Waals surface area (Å²) >= 11 is 2.05. The summed E-state index contributed by atoms with van der Waals surface area (Å²) in [5, 5.41) is 9.49. The number of halogens is 3. The van der Waals surface area contributed by atoms with Crippen molar-refractivity contribution in [2.75, 3.05) is 18.1 Å². The van der Waals surface area contributed by atoms with Crippen molar-refractivity contribution < 1.29 is 18.3 Å². The van der Waals surface area contributed by atoms with Crippen molar-refractivity contribution >= 4 is 33.6 Å². The number of aromatic nitrogens is 2. The molecule has 0 spiro atoms. The summed E-state index contributed by atoms with van der Waals surface area (Å²) in [6.45, 7) is 5.04. The normalized spacial score (nSPS) is 12.3. The molecule has 38 heavy (non-hydrogen) atoms. The molecule has 1 aromatic carbocycles. The van der Waals surface area contributed by atoms with Gasteiger partial charge < -0.3 is 14.7 Å². The van der Waals surface area contributed by atoms with Crippen LogP contribution < -0.4 is 5.56 Å². The first-order chi connectivity index (χ1) is 18.3. The molecule has 0 saturated heterocycles. The molecule has 0 amide bonds. The minimum atomic E-state index is -4.60. The van der Waals surface area contributed by atoms with Crippen LogP contribution in [0.2, 0.25) is 0 Å². The maximum Gasteiger partial charge on any atom is 0.417 e. The summed E-state index contributed by atoms with van der Waals surface area (Å²) in [5.74, 6) is 2.46. The van der Waals surface area contributed by atoms with Gasteiger partial charge in [-0.2, -0.15) is 24.9 Å². The number of nitrogens with zero attached hydrogens (tertiary/aromatic N) is 1. The van der Waals surface area contributed by atoms with Crippen molar-refractivity contribution in [1.29, 1.82) is 0 Å². The number of benzene rings is 1. The number of H-pyrrole nitrogens is 1. The molecule has 0 atom stereocenters. The number of alkyl halides is 3. The molecule has 0 unspecified atom stereocenters. The van der Waals surface area contributed by atoms with E-state index in [0.717, 1.165) is 55.4 Å². The van der Waals surface area contributed by atoms with Gasteiger partial charge in [0, 0.05) is 46.7 Å². The van der Waals surface area contributed by atoms with E-state index in [0.29, 0.717) is 18.1 Å². The summed E-state index contributed by atoms with van der Waals surface area (Å²) in [5.41, 5.74) is 1.39. The number of thioether (sulfide) groups is 1. The van der Waals surface area contributed by atoms with Crippen LogP contribution in [0.1, 0.15) is 94.4 Å². The zero-order chi connectivity index (χ0) is 27.5. The number of nitrogens with one attached hydrogen (secondary N) is 1. The van der Waals surface area contributed by atoms with Crippen LogP contribution in [0.25, 0.3) is 21.8 Å². The summed E-state index contributed by atoms with van der Waals surface area (Å²) in [6, 6.07) is 4.15. The molecule has 0 aliphatic heterocycles. The van der Waals surface area contributed by atoms with E-state index in [1.54, 1.807) is 6.07 Å². The molecule has 2 aromatic heterocycles. The van der Waals surface area contributed by atoms with E-state index >= 15 is 0 Å². The molecule has 0 saturated carbocycles. The Kier molecular flexibility index (Phi) is 12.1. The number of aryl methyl sites for hydroxylation is 2. The van der Waals surface area contributed by atoms with Crippen LogP contribution in [0, 0.1) is 6.92 Å². The number of fused-ring (bicyclic) bond motifs is 3. The van der Waals surface area contributed by atoms with Crippen molar-refractivity contribution in [3.8, 4) is 0 Å². The smallest absolute Gasteiger partial charge is 0.396 e. The monoisotopic (exact) mass is 552 g/mol. The number of unbranched alkanes of at least 4 members (excludes halogenated alkanes) is 9. The first-order valence-corrected chi connectivity index (χ1v) is 15.4. The Bertz CT molecular complexity index is 1220. The SMILES string of the molecule is CCc1c(C)c2c3c(C(F)(F)F)cc(=O)[nH]c3ccc2n1CCCCCCCCCSCCCCCCO. The van der Waals surface area contributed by atoms with Gasteiger partial charge in [-0.1, -0.05) is 51.9 Å². The summed E-state index contributed by atoms with van der Waals surface area (Å²) in [7, 11) is 0. The van der Waals surface area contributed by atoms with Crippen LogP contribution in [0.15, 0.2) is 23.0 Å². The maximum absolute atomic E-state index is 13.9. The standard InChI is InChI=1S/C30H43F3N2O2S/c1-3-25-22(2)28-26(16-15-24-29(28)23(30(31,32)33)21-27(37)34-24)35(25)17-11-7-5-4-6-9-13-19-38-20-14-10-8-12-18-36/h15-16,21,36H,3-14,17-20H2,1-2H3,(H,34,37). The molecular weight excluding hydrogens is 509 g/mol. The fourth-order valence-electron chi connectivity index (χ4n) is 5.51. The molecule has 2 N–H and O–H groups in total. The highest BCUT2D eigenvalue weighted by Gasteiger charge is 2.34. The zero-order valence-electron chi connectivity index (χ0n) is 22.9. The molecule has 0 fully saturated rings. The van der Waals surface area contributed by atoms with Gasteiger partial charge in [0.25, 0.3) is 0 Å². The van der Waals surface area contributed by atoms with E-state index in [4.69, 9.17) is 5.11 Å². The van der Waals surface area contributed by atoms with Crippen molar-refractivity contribution in [2.24, 2.45) is 0 Å². The maximum atomic E-state index is 13.9. The minimum absolute atomic E-state index is 0.0976. The topological polar surface area (TPSA) is 58.0 Å². The number of hydrogen-bond donors (Lipinski definition) is 2. The van der Waals surface area contributed by atoms with Crippen molar-refractivity contribution in [3.63, 3.8) is 0 Å². The first kappa shape index (κ1) is 30.6. The molecule has 3 aromatic rings. The Morgan fingerprint density at radius 2 is 1.50 bits per heavy atom. The number of aliphatic hydroxyl groups excluding tert-OH is 1. The van der Waals surface area contributed by atoms with Gasteiger partial charge in [-0.3, -0.25) is 4.79 Å². The average Bonchev–Trinajstić information content (AvgIpc) is 3.15. The van der Waals surface area contributed by atoms with Crippen molar-refractivity contribution in [3.05, 3.63) is 45.4 Å². The molecule has 0 aliphatic rings. The second kappa shape index (κ2) is 15.0. The van der Waals surface area contributed by atoms with Crippen LogP contribution in [0.3, 0.4) is 0 Å². The highest BCUT2D eigenvalue weighted by atomic mass is 32.2. The predicted molar refractivity (Wildman–Crippen MR) is 154 cm³/mol. The molecule has 3 rings (SSSR count). The first-order valence-electron chi connectivity index (χ1n) is 14.2. The van der Waals surface area contributed by atoms with E-state index < -0.39 is 17.3 Å². The van der Waals surface area contributed by atoms with Crippen LogP contribution >= 0.6 is 11.8 Å². The quantitative estimate of drug-likeness (QED) is 0.165. The molecule has 0 bridgehead atoms. The number of aromatic amines is 1. The Labute approximate surface area is 228 Å². The number of pyridine rings is 1. The highest BCUT2D eigenvalue weighted by molar-refractivity contribution is 7.99. The Balaban J connectivity index is 1.51. The Morgan fingerprint density at radius 1 is 0.895 bits per heavy atom. The second-order valence-corrected chi connectivity index (χ2v) is 11.5. The molecule has 212 valence electrons. The molecule has 0 radical (unpaired) electrons. The van der Waals surface area contributed by atoms with Crippen LogP contribution in [0.5, 0.6) is 0 Å². The Hall–Kier alpha value is -1.93. The van der Waals surface area contributed by atoms with Crippen molar-refractivity contribution in [2.45, 2.75) is 104 Å². The van der Waals surface area contributed by atoms with Gasteiger partial charge in [-0.15, -0.1) is 0 Å². The summed E-state index contributed by atoms with van der Waals surface area (Å²) in [6.07, 6.45) is 9.00. The van der Waals surface area contributed by atoms with E-state index in [9.17, 15) is 18.0 Å².